The molecule has 9 nitrogen and oxygen atoms in total. The molecule has 2 amide bonds. The molecule has 0 saturated carbocycles. The number of amides is 2. The minimum atomic E-state index is -2.02. The second-order valence-electron chi connectivity index (χ2n) is 6.08. The molecule has 26 heavy (non-hydrogen) atoms. The van der Waals surface area contributed by atoms with Gasteiger partial charge in [-0.25, -0.2) is 0 Å². The van der Waals surface area contributed by atoms with Crippen molar-refractivity contribution in [3.05, 3.63) is 35.4 Å². The monoisotopic (exact) mass is 382 g/mol. The first-order valence-electron chi connectivity index (χ1n) is 7.81. The number of rotatable bonds is 2. The van der Waals surface area contributed by atoms with Gasteiger partial charge < -0.3 is 30.5 Å². The predicted molar refractivity (Wildman–Crippen MR) is 91.4 cm³/mol. The Bertz CT molecular complexity index is 751. The van der Waals surface area contributed by atoms with Crippen molar-refractivity contribution >= 4 is 28.7 Å². The van der Waals surface area contributed by atoms with Gasteiger partial charge in [0.25, 0.3) is 11.8 Å². The summed E-state index contributed by atoms with van der Waals surface area (Å²) < 4.78 is 5.37. The van der Waals surface area contributed by atoms with Gasteiger partial charge in [-0.15, -0.1) is 0 Å². The number of benzene rings is 1. The van der Waals surface area contributed by atoms with Crippen LogP contribution >= 0.6 is 11.8 Å². The average molecular weight is 382 g/mol. The first-order valence-corrected chi connectivity index (χ1v) is 8.63. The molecular weight excluding hydrogens is 364 g/mol. The lowest BCUT2D eigenvalue weighted by molar-refractivity contribution is -0.236. The van der Waals surface area contributed by atoms with E-state index in [0.717, 1.165) is 5.56 Å². The maximum atomic E-state index is 12.4. The van der Waals surface area contributed by atoms with Gasteiger partial charge in [-0.3, -0.25) is 9.59 Å². The number of ether oxygens (including phenoxy) is 1. The molecule has 2 saturated heterocycles. The van der Waals surface area contributed by atoms with Gasteiger partial charge in [-0.2, -0.15) is 4.99 Å². The van der Waals surface area contributed by atoms with Crippen molar-refractivity contribution in [2.45, 2.75) is 36.3 Å². The molecule has 1 aromatic carbocycles. The average Bonchev–Trinajstić information content (AvgIpc) is 2.92. The molecule has 2 heterocycles. The summed E-state index contributed by atoms with van der Waals surface area (Å²) in [4.78, 5) is 26.4. The van der Waals surface area contributed by atoms with Crippen molar-refractivity contribution in [2.24, 2.45) is 4.99 Å². The van der Waals surface area contributed by atoms with Crippen LogP contribution in [0.1, 0.15) is 15.9 Å². The number of carbonyl (C=O) groups excluding carboxylic acids is 2. The zero-order valence-corrected chi connectivity index (χ0v) is 14.5. The highest BCUT2D eigenvalue weighted by atomic mass is 32.2. The minimum Gasteiger partial charge on any atom is -0.394 e. The number of aryl methyl sites for hydroxylation is 1. The van der Waals surface area contributed by atoms with Crippen LogP contribution < -0.4 is 5.32 Å². The molecule has 3 rings (SSSR count). The summed E-state index contributed by atoms with van der Waals surface area (Å²) in [5.41, 5.74) is 1.28. The third kappa shape index (κ3) is 3.15. The van der Waals surface area contributed by atoms with Crippen LogP contribution in [0.5, 0.6) is 0 Å². The van der Waals surface area contributed by atoms with Crippen LogP contribution in [0.4, 0.5) is 0 Å². The van der Waals surface area contributed by atoms with Crippen molar-refractivity contribution in [1.82, 2.24) is 5.32 Å². The smallest absolute Gasteiger partial charge is 0.279 e. The summed E-state index contributed by atoms with van der Waals surface area (Å²) in [6, 6.07) is 6.67. The Hall–Kier alpha value is -1.82. The van der Waals surface area contributed by atoms with E-state index >= 15 is 0 Å². The highest BCUT2D eigenvalue weighted by molar-refractivity contribution is 8.16. The lowest BCUT2D eigenvalue weighted by Crippen LogP contribution is -2.66. The van der Waals surface area contributed by atoms with Crippen LogP contribution in [0.15, 0.2) is 29.3 Å². The summed E-state index contributed by atoms with van der Waals surface area (Å²) in [6.45, 7) is 1.20. The van der Waals surface area contributed by atoms with Crippen LogP contribution in [-0.4, -0.2) is 73.4 Å². The van der Waals surface area contributed by atoms with Crippen molar-refractivity contribution in [3.8, 4) is 0 Å². The minimum absolute atomic E-state index is 0.111. The second-order valence-corrected chi connectivity index (χ2v) is 7.27. The van der Waals surface area contributed by atoms with Crippen LogP contribution in [0.3, 0.4) is 0 Å². The van der Waals surface area contributed by atoms with Gasteiger partial charge in [0, 0.05) is 5.56 Å². The van der Waals surface area contributed by atoms with Gasteiger partial charge in [0.15, 0.2) is 5.17 Å². The first-order chi connectivity index (χ1) is 12.3. The summed E-state index contributed by atoms with van der Waals surface area (Å²) >= 11 is 0.615. The molecule has 1 spiro atoms. The molecule has 2 aliphatic heterocycles. The molecule has 5 N–H and O–H groups in total. The number of hydrogen-bond donors (Lipinski definition) is 5. The second kappa shape index (κ2) is 7.06. The number of aliphatic hydroxyl groups excluding tert-OH is 4. The Labute approximate surface area is 152 Å². The van der Waals surface area contributed by atoms with E-state index in [9.17, 15) is 30.0 Å². The molecule has 10 heteroatoms. The Morgan fingerprint density at radius 1 is 1.27 bits per heavy atom. The number of amidine groups is 1. The van der Waals surface area contributed by atoms with E-state index in [1.807, 2.05) is 6.92 Å². The number of aliphatic hydroxyl groups is 4. The third-order valence-corrected chi connectivity index (χ3v) is 5.45. The van der Waals surface area contributed by atoms with Gasteiger partial charge in [0.2, 0.25) is 4.93 Å². The maximum Gasteiger partial charge on any atom is 0.279 e. The molecule has 0 aliphatic carbocycles. The normalized spacial score (nSPS) is 35.7. The lowest BCUT2D eigenvalue weighted by Gasteiger charge is -2.43. The van der Waals surface area contributed by atoms with Crippen molar-refractivity contribution < 1.29 is 34.8 Å². The van der Waals surface area contributed by atoms with E-state index in [0.29, 0.717) is 17.3 Å². The van der Waals surface area contributed by atoms with E-state index < -0.39 is 47.8 Å². The summed E-state index contributed by atoms with van der Waals surface area (Å²) in [7, 11) is 0. The van der Waals surface area contributed by atoms with Crippen molar-refractivity contribution in [1.29, 1.82) is 0 Å². The fraction of sp³-hybridized carbons (Fsp3) is 0.438. The van der Waals surface area contributed by atoms with Crippen LogP contribution in [0.25, 0.3) is 0 Å². The Kier molecular flexibility index (Phi) is 5.15. The molecule has 0 aromatic heterocycles. The van der Waals surface area contributed by atoms with E-state index in [-0.39, 0.29) is 5.17 Å². The maximum absolute atomic E-state index is 12.4. The quantitative estimate of drug-likeness (QED) is 0.416. The molecule has 140 valence electrons. The summed E-state index contributed by atoms with van der Waals surface area (Å²) in [5.74, 6) is -1.44. The van der Waals surface area contributed by atoms with Gasteiger partial charge in [-0.1, -0.05) is 17.7 Å². The molecule has 2 fully saturated rings. The molecule has 0 unspecified atom stereocenters. The van der Waals surface area contributed by atoms with Gasteiger partial charge in [0.05, 0.1) is 6.61 Å². The first kappa shape index (κ1) is 19.0. The Balaban J connectivity index is 1.85. The number of carbonyl (C=O) groups is 2. The largest absolute Gasteiger partial charge is 0.394 e. The molecular formula is C16H18N2O7S. The highest BCUT2D eigenvalue weighted by Gasteiger charge is 2.62. The van der Waals surface area contributed by atoms with Crippen LogP contribution in [-0.2, 0) is 9.53 Å². The lowest BCUT2D eigenvalue weighted by atomic mass is 9.94. The number of hydrogen-bond acceptors (Lipinski definition) is 8. The fourth-order valence-electron chi connectivity index (χ4n) is 2.72. The molecule has 1 aromatic rings. The third-order valence-electron chi connectivity index (χ3n) is 4.24. The van der Waals surface area contributed by atoms with Crippen molar-refractivity contribution in [3.63, 3.8) is 0 Å². The Morgan fingerprint density at radius 2 is 1.92 bits per heavy atom. The zero-order chi connectivity index (χ0) is 19.1. The highest BCUT2D eigenvalue weighted by Crippen LogP contribution is 2.42. The van der Waals surface area contributed by atoms with E-state index in [1.165, 1.54) is 0 Å². The standard InChI is InChI=1S/C16H18N2O7S/c1-7-2-4-8(5-3-7)13(23)17-15-18-14(24)16(26-15)12(22)11(21)10(20)9(6-19)25-16/h2-5,9-12,19-22H,6H2,1H3,(H,17,18,23,24)/t9-,10-,11+,12-,16-/m1/s1. The van der Waals surface area contributed by atoms with E-state index in [2.05, 4.69) is 10.3 Å². The van der Waals surface area contributed by atoms with E-state index in [1.54, 1.807) is 24.3 Å². The number of nitrogens with one attached hydrogen (secondary N) is 1. The SMILES string of the molecule is Cc1ccc(C(=O)N=C2NC(=O)[C@]3(O[C@H](CO)[C@@H](O)[C@H](O)[C@H]3O)S2)cc1. The van der Waals surface area contributed by atoms with Gasteiger partial charge in [-0.05, 0) is 30.8 Å². The molecule has 2 aliphatic rings. The number of thioether (sulfide) groups is 1. The number of nitrogens with zero attached hydrogens (tertiary/aromatic N) is 1. The Morgan fingerprint density at radius 3 is 2.54 bits per heavy atom. The van der Waals surface area contributed by atoms with Crippen LogP contribution in [0.2, 0.25) is 0 Å². The molecule has 0 radical (unpaired) electrons. The van der Waals surface area contributed by atoms with Crippen LogP contribution in [0, 0.1) is 6.92 Å². The zero-order valence-electron chi connectivity index (χ0n) is 13.7. The summed E-state index contributed by atoms with van der Waals surface area (Å²) in [6.07, 6.45) is -6.35. The van der Waals surface area contributed by atoms with Crippen molar-refractivity contribution in [2.75, 3.05) is 6.61 Å². The number of aliphatic imine (C=N–C) groups is 1. The summed E-state index contributed by atoms with van der Waals surface area (Å²) in [5, 5.41) is 41.5. The molecule has 0 bridgehead atoms. The van der Waals surface area contributed by atoms with Gasteiger partial charge in [0.1, 0.15) is 24.4 Å². The van der Waals surface area contributed by atoms with E-state index in [4.69, 9.17) is 4.74 Å². The fourth-order valence-corrected chi connectivity index (χ4v) is 3.85. The topological polar surface area (TPSA) is 149 Å². The van der Waals surface area contributed by atoms with Gasteiger partial charge >= 0.3 is 0 Å². The predicted octanol–water partition coefficient (Wildman–Crippen LogP) is -1.48. The molecule has 5 atom stereocenters.